The maximum atomic E-state index is 12.4. The molecular weight excluding hydrogens is 625 g/mol. The number of aliphatic carboxylic acids is 1. The summed E-state index contributed by atoms with van der Waals surface area (Å²) in [6.07, 6.45) is 12.3. The molecule has 2 aliphatic carbocycles. The van der Waals surface area contributed by atoms with Gasteiger partial charge in [0, 0.05) is 23.8 Å². The number of carbonyl (C=O) groups excluding carboxylic acids is 1. The predicted octanol–water partition coefficient (Wildman–Crippen LogP) is 7.80. The Morgan fingerprint density at radius 1 is 0.696 bits per heavy atom. The summed E-state index contributed by atoms with van der Waals surface area (Å²) in [6, 6.07) is 22.1. The second-order valence-electron chi connectivity index (χ2n) is 11.4. The molecule has 46 heavy (non-hydrogen) atoms. The van der Waals surface area contributed by atoms with E-state index in [1.165, 1.54) is 12.6 Å². The summed E-state index contributed by atoms with van der Waals surface area (Å²) >= 11 is 11.7. The Kier molecular flexibility index (Phi) is 12.7. The van der Waals surface area contributed by atoms with Crippen molar-refractivity contribution in [2.24, 2.45) is 0 Å². The number of rotatable bonds is 5. The van der Waals surface area contributed by atoms with Crippen LogP contribution >= 0.6 is 23.2 Å². The molecule has 4 aromatic rings. The number of hydrogen-bond donors (Lipinski definition) is 4. The van der Waals surface area contributed by atoms with Gasteiger partial charge in [0.2, 0.25) is 10.6 Å². The molecule has 6 rings (SSSR count). The third-order valence-electron chi connectivity index (χ3n) is 8.24. The molecule has 2 heterocycles. The van der Waals surface area contributed by atoms with E-state index < -0.39 is 16.9 Å². The molecule has 0 bridgehead atoms. The fourth-order valence-electron chi connectivity index (χ4n) is 5.89. The van der Waals surface area contributed by atoms with E-state index >= 15 is 0 Å². The molecule has 0 unspecified atom stereocenters. The third-order valence-corrected chi connectivity index (χ3v) is 8.60. The Bertz CT molecular complexity index is 1550. The molecule has 0 saturated heterocycles. The van der Waals surface area contributed by atoms with Gasteiger partial charge in [-0.05, 0) is 85.3 Å². The molecule has 0 aliphatic heterocycles. The van der Waals surface area contributed by atoms with Gasteiger partial charge in [-0.1, -0.05) is 74.9 Å². The van der Waals surface area contributed by atoms with Crippen LogP contribution in [0.4, 0.5) is 16.2 Å². The SMILES string of the molecule is Nc1ccccc1.O=C(Nc1ccccc1)NC1(c2ccnc(Cl)n2)CCCCC1.O=C(O)C1(c2ccnc(Cl)n2)CCCCC1. The first-order chi connectivity index (χ1) is 22.2. The molecule has 0 spiro atoms. The van der Waals surface area contributed by atoms with Crippen LogP contribution in [0.3, 0.4) is 0 Å². The van der Waals surface area contributed by atoms with Gasteiger partial charge in [-0.15, -0.1) is 0 Å². The lowest BCUT2D eigenvalue weighted by molar-refractivity contribution is -0.145. The number of carbonyl (C=O) groups is 2. The van der Waals surface area contributed by atoms with Crippen molar-refractivity contribution in [3.63, 3.8) is 0 Å². The molecule has 0 radical (unpaired) electrons. The number of urea groups is 1. The van der Waals surface area contributed by atoms with E-state index in [4.69, 9.17) is 28.9 Å². The minimum Gasteiger partial charge on any atom is -0.481 e. The zero-order chi connectivity index (χ0) is 32.8. The standard InChI is InChI=1S/C17H19ClN4O.C11H13ClN2O2.C6H7N/c18-15-19-12-9-14(21-15)17(10-5-2-6-11-17)22-16(23)20-13-7-3-1-4-8-13;12-10-13-7-4-8(14-10)11(9(15)16)5-2-1-3-6-11;7-6-4-2-1-3-5-6/h1,3-4,7-9,12H,2,5-6,10-11H2,(H2,20,22,23);4,7H,1-3,5-6H2,(H,15,16);1-5H,7H2. The van der Waals surface area contributed by atoms with Gasteiger partial charge in [-0.3, -0.25) is 4.79 Å². The summed E-state index contributed by atoms with van der Waals surface area (Å²) < 4.78 is 0. The van der Waals surface area contributed by atoms with E-state index in [-0.39, 0.29) is 16.6 Å². The quantitative estimate of drug-likeness (QED) is 0.124. The van der Waals surface area contributed by atoms with Crippen molar-refractivity contribution in [1.82, 2.24) is 25.3 Å². The summed E-state index contributed by atoms with van der Waals surface area (Å²) in [5, 5.41) is 15.7. The van der Waals surface area contributed by atoms with Crippen LogP contribution in [0.15, 0.2) is 85.2 Å². The molecule has 2 fully saturated rings. The van der Waals surface area contributed by atoms with E-state index in [2.05, 4.69) is 30.6 Å². The highest BCUT2D eigenvalue weighted by Gasteiger charge is 2.42. The monoisotopic (exact) mass is 663 g/mol. The minimum absolute atomic E-state index is 0.115. The van der Waals surface area contributed by atoms with Crippen LogP contribution in [0.2, 0.25) is 10.6 Å². The first kappa shape index (κ1) is 34.6. The fourth-order valence-corrected chi connectivity index (χ4v) is 6.19. The maximum absolute atomic E-state index is 12.4. The zero-order valence-electron chi connectivity index (χ0n) is 25.5. The number of hydrogen-bond acceptors (Lipinski definition) is 7. The molecule has 2 aliphatic rings. The number of nitrogens with two attached hydrogens (primary N) is 1. The first-order valence-corrected chi connectivity index (χ1v) is 16.1. The highest BCUT2D eigenvalue weighted by Crippen LogP contribution is 2.39. The van der Waals surface area contributed by atoms with Gasteiger partial charge in [0.05, 0.1) is 16.9 Å². The maximum Gasteiger partial charge on any atom is 0.319 e. The number of carboxylic acids is 1. The van der Waals surface area contributed by atoms with Gasteiger partial charge in [0.15, 0.2) is 0 Å². The van der Waals surface area contributed by atoms with Crippen molar-refractivity contribution in [3.05, 3.63) is 107 Å². The van der Waals surface area contributed by atoms with E-state index in [9.17, 15) is 14.7 Å². The average Bonchev–Trinajstić information content (AvgIpc) is 3.07. The molecule has 5 N–H and O–H groups in total. The lowest BCUT2D eigenvalue weighted by Crippen LogP contribution is -2.49. The lowest BCUT2D eigenvalue weighted by atomic mass is 9.72. The summed E-state index contributed by atoms with van der Waals surface area (Å²) in [4.78, 5) is 40.1. The van der Waals surface area contributed by atoms with Gasteiger partial charge in [-0.25, -0.2) is 24.7 Å². The van der Waals surface area contributed by atoms with Crippen LogP contribution in [-0.2, 0) is 15.7 Å². The number of benzene rings is 2. The number of nitrogens with one attached hydrogen (secondary N) is 2. The molecule has 0 atom stereocenters. The number of aromatic nitrogens is 4. The number of para-hydroxylation sites is 2. The van der Waals surface area contributed by atoms with Crippen LogP contribution < -0.4 is 16.4 Å². The van der Waals surface area contributed by atoms with E-state index in [0.717, 1.165) is 62.0 Å². The molecule has 10 nitrogen and oxygen atoms in total. The van der Waals surface area contributed by atoms with E-state index in [0.29, 0.717) is 18.5 Å². The predicted molar refractivity (Wildman–Crippen MR) is 181 cm³/mol. The molecular formula is C34H39Cl2N7O3. The Balaban J connectivity index is 0.000000180. The van der Waals surface area contributed by atoms with Crippen LogP contribution in [-0.4, -0.2) is 37.0 Å². The number of amides is 2. The van der Waals surface area contributed by atoms with Crippen molar-refractivity contribution >= 4 is 46.6 Å². The van der Waals surface area contributed by atoms with Crippen molar-refractivity contribution in [1.29, 1.82) is 0 Å². The van der Waals surface area contributed by atoms with Gasteiger partial charge >= 0.3 is 12.0 Å². The van der Waals surface area contributed by atoms with Crippen molar-refractivity contribution in [3.8, 4) is 0 Å². The number of halogens is 2. The summed E-state index contributed by atoms with van der Waals surface area (Å²) in [6.45, 7) is 0. The van der Waals surface area contributed by atoms with E-state index in [1.807, 2.05) is 66.7 Å². The Morgan fingerprint density at radius 2 is 1.20 bits per heavy atom. The van der Waals surface area contributed by atoms with Crippen molar-refractivity contribution < 1.29 is 14.7 Å². The first-order valence-electron chi connectivity index (χ1n) is 15.4. The smallest absolute Gasteiger partial charge is 0.319 e. The summed E-state index contributed by atoms with van der Waals surface area (Å²) in [5.41, 5.74) is 6.92. The largest absolute Gasteiger partial charge is 0.481 e. The number of nitrogen functional groups attached to an aromatic ring is 1. The normalized spacial score (nSPS) is 16.3. The van der Waals surface area contributed by atoms with E-state index in [1.54, 1.807) is 12.3 Å². The fraction of sp³-hybridized carbons (Fsp3) is 0.353. The molecule has 2 saturated carbocycles. The summed E-state index contributed by atoms with van der Waals surface area (Å²) in [7, 11) is 0. The summed E-state index contributed by atoms with van der Waals surface area (Å²) in [5.74, 6) is -0.804. The molecule has 242 valence electrons. The number of carboxylic acid groups (broad SMARTS) is 1. The van der Waals surface area contributed by atoms with Crippen LogP contribution in [0, 0.1) is 0 Å². The van der Waals surface area contributed by atoms with Crippen molar-refractivity contribution in [2.75, 3.05) is 11.1 Å². The topological polar surface area (TPSA) is 156 Å². The molecule has 2 aromatic heterocycles. The Hall–Kier alpha value is -4.28. The molecule has 2 aromatic carbocycles. The van der Waals surface area contributed by atoms with Gasteiger partial charge < -0.3 is 21.5 Å². The van der Waals surface area contributed by atoms with Crippen LogP contribution in [0.25, 0.3) is 0 Å². The van der Waals surface area contributed by atoms with Crippen molar-refractivity contribution in [2.45, 2.75) is 75.2 Å². The Morgan fingerprint density at radius 3 is 1.70 bits per heavy atom. The third kappa shape index (κ3) is 9.61. The highest BCUT2D eigenvalue weighted by atomic mass is 35.5. The molecule has 2 amide bonds. The van der Waals surface area contributed by atoms with Crippen LogP contribution in [0.5, 0.6) is 0 Å². The number of nitrogens with zero attached hydrogens (tertiary/aromatic N) is 4. The average molecular weight is 665 g/mol. The minimum atomic E-state index is -0.856. The van der Waals surface area contributed by atoms with Gasteiger partial charge in [-0.2, -0.15) is 0 Å². The van der Waals surface area contributed by atoms with Gasteiger partial charge in [0.1, 0.15) is 5.41 Å². The number of anilines is 2. The lowest BCUT2D eigenvalue weighted by Gasteiger charge is -2.37. The highest BCUT2D eigenvalue weighted by molar-refractivity contribution is 6.28. The molecule has 12 heteroatoms. The van der Waals surface area contributed by atoms with Crippen LogP contribution in [0.1, 0.15) is 75.6 Å². The second kappa shape index (κ2) is 16.9. The zero-order valence-corrected chi connectivity index (χ0v) is 27.1. The second-order valence-corrected chi connectivity index (χ2v) is 12.0. The Labute approximate surface area is 279 Å². The van der Waals surface area contributed by atoms with Gasteiger partial charge in [0.25, 0.3) is 0 Å².